The molecule has 0 saturated heterocycles. The molecule has 5 rings (SSSR count). The van der Waals surface area contributed by atoms with Crippen molar-refractivity contribution >= 4 is 32.7 Å². The zero-order valence-electron chi connectivity index (χ0n) is 18.2. The Kier molecular flexibility index (Phi) is 5.82. The number of hydrogen-bond acceptors (Lipinski definition) is 7. The van der Waals surface area contributed by atoms with Gasteiger partial charge in [0.25, 0.3) is 10.8 Å². The van der Waals surface area contributed by atoms with Crippen molar-refractivity contribution in [1.29, 1.82) is 0 Å². The Morgan fingerprint density at radius 2 is 1.83 bits per heavy atom. The summed E-state index contributed by atoms with van der Waals surface area (Å²) >= 11 is 0.739. The second-order valence-electron chi connectivity index (χ2n) is 7.56. The second kappa shape index (κ2) is 8.86. The van der Waals surface area contributed by atoms with Gasteiger partial charge in [-0.25, -0.2) is 4.98 Å². The van der Waals surface area contributed by atoms with Crippen molar-refractivity contribution in [2.45, 2.75) is 12.8 Å². The Morgan fingerprint density at radius 3 is 2.53 bits per heavy atom. The van der Waals surface area contributed by atoms with E-state index in [1.807, 2.05) is 0 Å². The molecule has 0 spiro atoms. The maximum Gasteiger partial charge on any atom is 0.422 e. The molecule has 0 radical (unpaired) electrons. The number of thiazole rings is 1. The lowest BCUT2D eigenvalue weighted by Crippen LogP contribution is -2.22. The fourth-order valence-electron chi connectivity index (χ4n) is 3.56. The van der Waals surface area contributed by atoms with Crippen LogP contribution < -0.4 is 15.0 Å². The number of ether oxygens (including phenoxy) is 2. The number of fused-ring (bicyclic) bond motifs is 2. The highest BCUT2D eigenvalue weighted by molar-refractivity contribution is 7.19. The number of hydrogen-bond donors (Lipinski definition) is 0. The molecular weight excluding hydrogens is 509 g/mol. The van der Waals surface area contributed by atoms with E-state index in [9.17, 15) is 26.7 Å². The first-order valence-electron chi connectivity index (χ1n) is 10.2. The average Bonchev–Trinajstić information content (AvgIpc) is 3.38. The first-order valence-corrected chi connectivity index (χ1v) is 11.0. The summed E-state index contributed by atoms with van der Waals surface area (Å²) in [6.45, 7) is -4.60. The number of nitrogens with zero attached hydrogens (tertiary/aromatic N) is 5. The molecule has 5 aromatic rings. The van der Waals surface area contributed by atoms with Crippen molar-refractivity contribution < 1.29 is 31.4 Å². The molecule has 36 heavy (non-hydrogen) atoms. The minimum Gasteiger partial charge on any atom is -0.460 e. The van der Waals surface area contributed by atoms with Crippen LogP contribution in [0.3, 0.4) is 0 Å². The summed E-state index contributed by atoms with van der Waals surface area (Å²) in [4.78, 5) is 22.1. The van der Waals surface area contributed by atoms with Crippen molar-refractivity contribution in [1.82, 2.24) is 24.3 Å². The Morgan fingerprint density at radius 1 is 1.08 bits per heavy atom. The van der Waals surface area contributed by atoms with Gasteiger partial charge in [0.1, 0.15) is 11.4 Å². The van der Waals surface area contributed by atoms with Gasteiger partial charge in [-0.1, -0.05) is 17.4 Å². The van der Waals surface area contributed by atoms with Crippen LogP contribution in [-0.2, 0) is 7.05 Å². The Bertz CT molecular complexity index is 1630. The maximum atomic E-state index is 13.6. The summed E-state index contributed by atoms with van der Waals surface area (Å²) in [6.07, 6.45) is -2.83. The molecule has 14 heteroatoms. The van der Waals surface area contributed by atoms with Gasteiger partial charge in [-0.15, -0.1) is 0 Å². The standard InChI is InChI=1S/C22H14F5N5O3S/c1-31-9-12-8-11(2-7-15(12)30-31)16-19(33)32(13-3-5-14(6-4-13)35-20(23)24)17-18(28-16)36-21(29-17)34-10-22(25,26)27/h2-9,20H,10H2,1H3. The van der Waals surface area contributed by atoms with Crippen LogP contribution in [0, 0.1) is 0 Å². The first-order chi connectivity index (χ1) is 17.1. The average molecular weight is 523 g/mol. The van der Waals surface area contributed by atoms with Gasteiger partial charge in [0, 0.05) is 24.2 Å². The Balaban J connectivity index is 1.68. The maximum absolute atomic E-state index is 13.6. The molecular formula is C22H14F5N5O3S. The van der Waals surface area contributed by atoms with Crippen molar-refractivity contribution in [2.75, 3.05) is 6.61 Å². The monoisotopic (exact) mass is 523 g/mol. The summed E-state index contributed by atoms with van der Waals surface area (Å²) in [5.41, 5.74) is 0.687. The van der Waals surface area contributed by atoms with Crippen molar-refractivity contribution in [2.24, 2.45) is 7.05 Å². The summed E-state index contributed by atoms with van der Waals surface area (Å²) in [5, 5.41) is 4.70. The quantitative estimate of drug-likeness (QED) is 0.293. The molecule has 0 unspecified atom stereocenters. The molecule has 0 saturated carbocycles. The van der Waals surface area contributed by atoms with E-state index in [0.717, 1.165) is 21.3 Å². The lowest BCUT2D eigenvalue weighted by atomic mass is 10.1. The molecule has 8 nitrogen and oxygen atoms in total. The largest absolute Gasteiger partial charge is 0.460 e. The molecule has 2 aromatic carbocycles. The van der Waals surface area contributed by atoms with Gasteiger partial charge < -0.3 is 9.47 Å². The van der Waals surface area contributed by atoms with Gasteiger partial charge in [-0.3, -0.25) is 14.0 Å². The van der Waals surface area contributed by atoms with E-state index in [1.165, 1.54) is 24.3 Å². The fourth-order valence-corrected chi connectivity index (χ4v) is 4.34. The normalized spacial score (nSPS) is 12.1. The topological polar surface area (TPSA) is 84.1 Å². The van der Waals surface area contributed by atoms with Crippen molar-refractivity contribution in [3.8, 4) is 27.9 Å². The van der Waals surface area contributed by atoms with Crippen LogP contribution in [0.25, 0.3) is 38.3 Å². The lowest BCUT2D eigenvalue weighted by molar-refractivity contribution is -0.153. The Hall–Kier alpha value is -4.07. The zero-order chi connectivity index (χ0) is 25.6. The number of aromatic nitrogens is 5. The van der Waals surface area contributed by atoms with Gasteiger partial charge in [-0.05, 0) is 36.4 Å². The summed E-state index contributed by atoms with van der Waals surface area (Å²) in [7, 11) is 1.75. The van der Waals surface area contributed by atoms with Crippen molar-refractivity contribution in [3.05, 3.63) is 59.0 Å². The van der Waals surface area contributed by atoms with E-state index < -0.39 is 25.0 Å². The molecule has 3 aromatic heterocycles. The molecule has 0 N–H and O–H groups in total. The van der Waals surface area contributed by atoms with Crippen LogP contribution in [0.4, 0.5) is 22.0 Å². The van der Waals surface area contributed by atoms with Crippen molar-refractivity contribution in [3.63, 3.8) is 0 Å². The van der Waals surface area contributed by atoms with E-state index in [1.54, 1.807) is 36.1 Å². The number of halogens is 5. The van der Waals surface area contributed by atoms with Gasteiger partial charge in [0.2, 0.25) is 0 Å². The third-order valence-corrected chi connectivity index (χ3v) is 5.83. The molecule has 0 amide bonds. The van der Waals surface area contributed by atoms with E-state index in [2.05, 4.69) is 19.8 Å². The van der Waals surface area contributed by atoms with Crippen LogP contribution in [0.5, 0.6) is 10.9 Å². The van der Waals surface area contributed by atoms with Crippen LogP contribution in [0.15, 0.2) is 53.5 Å². The van der Waals surface area contributed by atoms with Crippen LogP contribution in [0.2, 0.25) is 0 Å². The van der Waals surface area contributed by atoms with E-state index in [-0.39, 0.29) is 32.8 Å². The van der Waals surface area contributed by atoms with E-state index in [4.69, 9.17) is 4.74 Å². The van der Waals surface area contributed by atoms with Gasteiger partial charge in [0.15, 0.2) is 17.1 Å². The highest BCUT2D eigenvalue weighted by Gasteiger charge is 2.29. The summed E-state index contributed by atoms with van der Waals surface area (Å²) < 4.78 is 74.9. The highest BCUT2D eigenvalue weighted by Crippen LogP contribution is 2.31. The number of rotatable bonds is 6. The minimum absolute atomic E-state index is 0.00665. The molecule has 0 fully saturated rings. The minimum atomic E-state index is -4.59. The highest BCUT2D eigenvalue weighted by atomic mass is 32.1. The van der Waals surface area contributed by atoms with E-state index >= 15 is 0 Å². The molecule has 0 aliphatic carbocycles. The first kappa shape index (κ1) is 23.7. The predicted molar refractivity (Wildman–Crippen MR) is 121 cm³/mol. The molecule has 0 aliphatic rings. The second-order valence-corrected chi connectivity index (χ2v) is 8.50. The molecule has 3 heterocycles. The zero-order valence-corrected chi connectivity index (χ0v) is 19.0. The predicted octanol–water partition coefficient (Wildman–Crippen LogP) is 4.94. The lowest BCUT2D eigenvalue weighted by Gasteiger charge is -2.10. The van der Waals surface area contributed by atoms with Gasteiger partial charge in [0.05, 0.1) is 11.2 Å². The molecule has 0 aliphatic heterocycles. The third-order valence-electron chi connectivity index (χ3n) is 4.98. The van der Waals surface area contributed by atoms with E-state index in [0.29, 0.717) is 11.1 Å². The van der Waals surface area contributed by atoms with Crippen LogP contribution >= 0.6 is 11.3 Å². The fraction of sp³-hybridized carbons (Fsp3) is 0.182. The molecule has 0 bridgehead atoms. The smallest absolute Gasteiger partial charge is 0.422 e. The summed E-state index contributed by atoms with van der Waals surface area (Å²) in [5.74, 6) is -0.137. The molecule has 0 atom stereocenters. The van der Waals surface area contributed by atoms with Gasteiger partial charge in [-0.2, -0.15) is 32.0 Å². The van der Waals surface area contributed by atoms with Crippen LogP contribution in [-0.4, -0.2) is 43.7 Å². The Labute approximate surface area is 202 Å². The number of aryl methyl sites for hydroxylation is 1. The summed E-state index contributed by atoms with van der Waals surface area (Å²) in [6, 6.07) is 10.2. The van der Waals surface area contributed by atoms with Gasteiger partial charge >= 0.3 is 12.8 Å². The SMILES string of the molecule is Cn1cc2cc(-c3nc4sc(OCC(F)(F)F)nc4n(-c4ccc(OC(F)F)cc4)c3=O)ccc2n1. The third kappa shape index (κ3) is 4.71. The number of alkyl halides is 5. The molecule has 186 valence electrons. The number of benzene rings is 2. The van der Waals surface area contributed by atoms with Crippen LogP contribution in [0.1, 0.15) is 0 Å².